The first-order valence-corrected chi connectivity index (χ1v) is 8.40. The van der Waals surface area contributed by atoms with E-state index in [0.29, 0.717) is 17.4 Å². The van der Waals surface area contributed by atoms with Gasteiger partial charge in [-0.15, -0.1) is 0 Å². The predicted octanol–water partition coefficient (Wildman–Crippen LogP) is 2.43. The Morgan fingerprint density at radius 1 is 1.38 bits per heavy atom. The first-order chi connectivity index (χ1) is 9.88. The SMILES string of the molecule is CCOc1ccc(Cl)cc1NS(=O)(=O)CCCC(=O)OC. The Hall–Kier alpha value is -1.47. The highest BCUT2D eigenvalue weighted by Crippen LogP contribution is 2.29. The summed E-state index contributed by atoms with van der Waals surface area (Å²) in [5, 5.41) is 0.394. The monoisotopic (exact) mass is 335 g/mol. The third-order valence-electron chi connectivity index (χ3n) is 2.53. The molecule has 0 aliphatic heterocycles. The fourth-order valence-electron chi connectivity index (χ4n) is 1.59. The molecule has 0 radical (unpaired) electrons. The first-order valence-electron chi connectivity index (χ1n) is 6.37. The number of nitrogens with one attached hydrogen (secondary N) is 1. The van der Waals surface area contributed by atoms with Gasteiger partial charge in [0.1, 0.15) is 5.75 Å². The number of esters is 1. The summed E-state index contributed by atoms with van der Waals surface area (Å²) in [4.78, 5) is 11.0. The number of ether oxygens (including phenoxy) is 2. The molecular formula is C13H18ClNO5S. The van der Waals surface area contributed by atoms with Crippen LogP contribution in [0, 0.1) is 0 Å². The van der Waals surface area contributed by atoms with Crippen LogP contribution in [0.4, 0.5) is 5.69 Å². The van der Waals surface area contributed by atoms with Gasteiger partial charge in [0.2, 0.25) is 10.0 Å². The molecule has 8 heteroatoms. The maximum absolute atomic E-state index is 12.0. The van der Waals surface area contributed by atoms with Crippen LogP contribution in [0.1, 0.15) is 19.8 Å². The van der Waals surface area contributed by atoms with E-state index >= 15 is 0 Å². The summed E-state index contributed by atoms with van der Waals surface area (Å²) in [6.45, 7) is 2.20. The van der Waals surface area contributed by atoms with Gasteiger partial charge < -0.3 is 9.47 Å². The van der Waals surface area contributed by atoms with Crippen LogP contribution in [0.2, 0.25) is 5.02 Å². The second-order valence-corrected chi connectivity index (χ2v) is 6.45. The van der Waals surface area contributed by atoms with E-state index in [9.17, 15) is 13.2 Å². The van der Waals surface area contributed by atoms with Crippen LogP contribution in [-0.2, 0) is 19.6 Å². The third kappa shape index (κ3) is 6.22. The average molecular weight is 336 g/mol. The Kier molecular flexibility index (Phi) is 6.77. The topological polar surface area (TPSA) is 81.7 Å². The lowest BCUT2D eigenvalue weighted by Gasteiger charge is -2.13. The first kappa shape index (κ1) is 17.6. The Balaban J connectivity index is 2.74. The fourth-order valence-corrected chi connectivity index (χ4v) is 2.88. The Morgan fingerprint density at radius 3 is 2.71 bits per heavy atom. The van der Waals surface area contributed by atoms with E-state index in [1.54, 1.807) is 19.1 Å². The van der Waals surface area contributed by atoms with E-state index in [4.69, 9.17) is 16.3 Å². The van der Waals surface area contributed by atoms with Gasteiger partial charge in [-0.25, -0.2) is 8.42 Å². The molecule has 0 fully saturated rings. The molecule has 0 saturated heterocycles. The number of carbonyl (C=O) groups excluding carboxylic acids is 1. The zero-order valence-corrected chi connectivity index (χ0v) is 13.5. The van der Waals surface area contributed by atoms with Crippen LogP contribution in [0.3, 0.4) is 0 Å². The van der Waals surface area contributed by atoms with Gasteiger partial charge in [-0.2, -0.15) is 0 Å². The van der Waals surface area contributed by atoms with Crippen molar-refractivity contribution in [2.45, 2.75) is 19.8 Å². The highest BCUT2D eigenvalue weighted by molar-refractivity contribution is 7.92. The number of hydrogen-bond acceptors (Lipinski definition) is 5. The molecule has 0 aliphatic carbocycles. The van der Waals surface area contributed by atoms with E-state index in [1.165, 1.54) is 13.2 Å². The molecule has 0 aliphatic rings. The minimum Gasteiger partial charge on any atom is -0.492 e. The lowest BCUT2D eigenvalue weighted by atomic mass is 10.3. The molecule has 0 bridgehead atoms. The molecule has 0 amide bonds. The van der Waals surface area contributed by atoms with E-state index in [1.807, 2.05) is 0 Å². The zero-order chi connectivity index (χ0) is 15.9. The molecule has 1 aromatic carbocycles. The van der Waals surface area contributed by atoms with Crippen LogP contribution < -0.4 is 9.46 Å². The highest BCUT2D eigenvalue weighted by atomic mass is 35.5. The van der Waals surface area contributed by atoms with Gasteiger partial charge in [0.15, 0.2) is 0 Å². The van der Waals surface area contributed by atoms with Crippen molar-refractivity contribution in [2.24, 2.45) is 0 Å². The minimum absolute atomic E-state index is 0.0469. The van der Waals surface area contributed by atoms with Gasteiger partial charge in [-0.05, 0) is 31.5 Å². The zero-order valence-electron chi connectivity index (χ0n) is 11.9. The number of halogens is 1. The number of carbonyl (C=O) groups is 1. The van der Waals surface area contributed by atoms with Crippen molar-refractivity contribution in [3.63, 3.8) is 0 Å². The predicted molar refractivity (Wildman–Crippen MR) is 81.3 cm³/mol. The van der Waals surface area contributed by atoms with Gasteiger partial charge in [-0.3, -0.25) is 9.52 Å². The van der Waals surface area contributed by atoms with Crippen LogP contribution in [0.5, 0.6) is 5.75 Å². The highest BCUT2D eigenvalue weighted by Gasteiger charge is 2.15. The lowest BCUT2D eigenvalue weighted by molar-refractivity contribution is -0.140. The fraction of sp³-hybridized carbons (Fsp3) is 0.462. The molecule has 0 heterocycles. The van der Waals surface area contributed by atoms with Crippen LogP contribution in [0.25, 0.3) is 0 Å². The van der Waals surface area contributed by atoms with E-state index < -0.39 is 16.0 Å². The molecular weight excluding hydrogens is 318 g/mol. The van der Waals surface area contributed by atoms with Gasteiger partial charge >= 0.3 is 5.97 Å². The summed E-state index contributed by atoms with van der Waals surface area (Å²) in [5.74, 6) is -0.235. The molecule has 118 valence electrons. The third-order valence-corrected chi connectivity index (χ3v) is 4.12. The number of rotatable bonds is 8. The lowest BCUT2D eigenvalue weighted by Crippen LogP contribution is -2.18. The van der Waals surface area contributed by atoms with Crippen molar-refractivity contribution in [3.8, 4) is 5.75 Å². The summed E-state index contributed by atoms with van der Waals surface area (Å²) < 4.78 is 36.2. The van der Waals surface area contributed by atoms with E-state index in [0.717, 1.165) is 0 Å². The standard InChI is InChI=1S/C13H18ClNO5S/c1-3-20-12-7-6-10(14)9-11(12)15-21(17,18)8-4-5-13(16)19-2/h6-7,9,15H,3-5,8H2,1-2H3. The summed E-state index contributed by atoms with van der Waals surface area (Å²) >= 11 is 5.86. The Morgan fingerprint density at radius 2 is 2.10 bits per heavy atom. The molecule has 0 saturated carbocycles. The van der Waals surface area contributed by atoms with Crippen molar-refractivity contribution in [2.75, 3.05) is 24.2 Å². The van der Waals surface area contributed by atoms with Crippen molar-refractivity contribution >= 4 is 33.3 Å². The molecule has 0 unspecified atom stereocenters. The van der Waals surface area contributed by atoms with E-state index in [2.05, 4.69) is 9.46 Å². The van der Waals surface area contributed by atoms with Crippen LogP contribution >= 0.6 is 11.6 Å². The molecule has 1 N–H and O–H groups in total. The number of hydrogen-bond donors (Lipinski definition) is 1. The Bertz CT molecular complexity index is 588. The van der Waals surface area contributed by atoms with Gasteiger partial charge in [0.25, 0.3) is 0 Å². The molecule has 1 rings (SSSR count). The molecule has 0 atom stereocenters. The average Bonchev–Trinajstić information content (AvgIpc) is 2.41. The molecule has 0 aromatic heterocycles. The Labute approximate surface area is 129 Å². The smallest absolute Gasteiger partial charge is 0.305 e. The summed E-state index contributed by atoms with van der Waals surface area (Å²) in [7, 11) is -2.33. The van der Waals surface area contributed by atoms with Crippen LogP contribution in [0.15, 0.2) is 18.2 Å². The largest absolute Gasteiger partial charge is 0.492 e. The van der Waals surface area contributed by atoms with Crippen molar-refractivity contribution < 1.29 is 22.7 Å². The van der Waals surface area contributed by atoms with Gasteiger partial charge in [0.05, 0.1) is 25.2 Å². The summed E-state index contributed by atoms with van der Waals surface area (Å²) in [5.41, 5.74) is 0.280. The van der Waals surface area contributed by atoms with Crippen molar-refractivity contribution in [1.29, 1.82) is 0 Å². The quantitative estimate of drug-likeness (QED) is 0.738. The van der Waals surface area contributed by atoms with E-state index in [-0.39, 0.29) is 24.3 Å². The van der Waals surface area contributed by atoms with Crippen molar-refractivity contribution in [3.05, 3.63) is 23.2 Å². The maximum atomic E-state index is 12.0. The molecule has 6 nitrogen and oxygen atoms in total. The molecule has 21 heavy (non-hydrogen) atoms. The summed E-state index contributed by atoms with van der Waals surface area (Å²) in [6.07, 6.45) is 0.220. The number of sulfonamides is 1. The molecule has 0 spiro atoms. The molecule has 1 aromatic rings. The number of methoxy groups -OCH3 is 1. The van der Waals surface area contributed by atoms with Gasteiger partial charge in [-0.1, -0.05) is 11.6 Å². The number of anilines is 1. The van der Waals surface area contributed by atoms with Gasteiger partial charge in [0, 0.05) is 11.4 Å². The second-order valence-electron chi connectivity index (χ2n) is 4.17. The van der Waals surface area contributed by atoms with Crippen molar-refractivity contribution in [1.82, 2.24) is 0 Å². The normalized spacial score (nSPS) is 11.0. The number of benzene rings is 1. The van der Waals surface area contributed by atoms with Crippen LogP contribution in [-0.4, -0.2) is 33.9 Å². The second kappa shape index (κ2) is 8.09. The minimum atomic E-state index is -3.59. The summed E-state index contributed by atoms with van der Waals surface area (Å²) in [6, 6.07) is 4.68. The maximum Gasteiger partial charge on any atom is 0.305 e.